The van der Waals surface area contributed by atoms with E-state index in [1.807, 2.05) is 27.7 Å². The van der Waals surface area contributed by atoms with E-state index in [2.05, 4.69) is 0 Å². The van der Waals surface area contributed by atoms with Crippen LogP contribution in [0.3, 0.4) is 0 Å². The standard InChI is InChI=1S/C14H23ClN2O2S/c1-9-7-11(8-12(16)13(9)15)20(18,19)17(6)10(2)14(3,4)5/h7-8,10H,16H2,1-6H3. The van der Waals surface area contributed by atoms with Crippen LogP contribution in [0, 0.1) is 12.3 Å². The van der Waals surface area contributed by atoms with Crippen molar-refractivity contribution in [3.8, 4) is 0 Å². The van der Waals surface area contributed by atoms with Gasteiger partial charge in [0.1, 0.15) is 0 Å². The summed E-state index contributed by atoms with van der Waals surface area (Å²) in [6, 6.07) is 2.82. The van der Waals surface area contributed by atoms with Crippen LogP contribution < -0.4 is 5.73 Å². The average Bonchev–Trinajstić information content (AvgIpc) is 2.32. The normalized spacial score (nSPS) is 14.6. The number of anilines is 1. The summed E-state index contributed by atoms with van der Waals surface area (Å²) in [5.74, 6) is 0. The van der Waals surface area contributed by atoms with E-state index in [9.17, 15) is 8.42 Å². The van der Waals surface area contributed by atoms with E-state index in [-0.39, 0.29) is 22.0 Å². The van der Waals surface area contributed by atoms with Crippen molar-refractivity contribution in [3.63, 3.8) is 0 Å². The zero-order chi connectivity index (χ0) is 15.9. The monoisotopic (exact) mass is 318 g/mol. The number of rotatable bonds is 3. The Labute approximate surface area is 127 Å². The van der Waals surface area contributed by atoms with E-state index in [0.717, 1.165) is 0 Å². The molecular weight excluding hydrogens is 296 g/mol. The van der Waals surface area contributed by atoms with Crippen molar-refractivity contribution in [1.82, 2.24) is 4.31 Å². The molecule has 2 N–H and O–H groups in total. The predicted molar refractivity (Wildman–Crippen MR) is 84.5 cm³/mol. The molecule has 0 aliphatic heterocycles. The fourth-order valence-electron chi connectivity index (χ4n) is 1.83. The molecular formula is C14H23ClN2O2S. The highest BCUT2D eigenvalue weighted by molar-refractivity contribution is 7.89. The third kappa shape index (κ3) is 3.27. The summed E-state index contributed by atoms with van der Waals surface area (Å²) >= 11 is 5.98. The maximum atomic E-state index is 12.7. The van der Waals surface area contributed by atoms with Gasteiger partial charge in [-0.3, -0.25) is 0 Å². The Morgan fingerprint density at radius 2 is 1.80 bits per heavy atom. The fourth-order valence-corrected chi connectivity index (χ4v) is 3.61. The van der Waals surface area contributed by atoms with Gasteiger partial charge in [0.05, 0.1) is 15.6 Å². The van der Waals surface area contributed by atoms with E-state index >= 15 is 0 Å². The lowest BCUT2D eigenvalue weighted by Gasteiger charge is -2.34. The number of aryl methyl sites for hydroxylation is 1. The van der Waals surface area contributed by atoms with Crippen LogP contribution in [0.2, 0.25) is 5.02 Å². The molecule has 0 fully saturated rings. The number of hydrogen-bond acceptors (Lipinski definition) is 3. The summed E-state index contributed by atoms with van der Waals surface area (Å²) < 4.78 is 26.7. The second-order valence-electron chi connectivity index (χ2n) is 6.21. The van der Waals surface area contributed by atoms with Crippen molar-refractivity contribution < 1.29 is 8.42 Å². The van der Waals surface area contributed by atoms with E-state index in [4.69, 9.17) is 17.3 Å². The Morgan fingerprint density at radius 3 is 2.20 bits per heavy atom. The average molecular weight is 319 g/mol. The minimum Gasteiger partial charge on any atom is -0.397 e. The van der Waals surface area contributed by atoms with Crippen molar-refractivity contribution in [2.75, 3.05) is 12.8 Å². The summed E-state index contributed by atoms with van der Waals surface area (Å²) in [6.07, 6.45) is 0. The molecule has 0 saturated carbocycles. The highest BCUT2D eigenvalue weighted by Gasteiger charge is 2.32. The number of hydrogen-bond donors (Lipinski definition) is 1. The number of nitrogens with zero attached hydrogens (tertiary/aromatic N) is 1. The number of sulfonamides is 1. The topological polar surface area (TPSA) is 63.4 Å². The van der Waals surface area contributed by atoms with Gasteiger partial charge in [-0.2, -0.15) is 4.31 Å². The number of benzene rings is 1. The molecule has 0 amide bonds. The number of halogens is 1. The Balaban J connectivity index is 3.31. The number of nitrogen functional groups attached to an aromatic ring is 1. The van der Waals surface area contributed by atoms with Crippen LogP contribution in [0.5, 0.6) is 0 Å². The highest BCUT2D eigenvalue weighted by Crippen LogP contribution is 2.31. The van der Waals surface area contributed by atoms with Gasteiger partial charge in [-0.15, -0.1) is 0 Å². The maximum absolute atomic E-state index is 12.7. The molecule has 1 rings (SSSR count). The van der Waals surface area contributed by atoms with Crippen LogP contribution in [0.15, 0.2) is 17.0 Å². The zero-order valence-electron chi connectivity index (χ0n) is 12.9. The van der Waals surface area contributed by atoms with Gasteiger partial charge in [-0.05, 0) is 37.0 Å². The second kappa shape index (κ2) is 5.54. The second-order valence-corrected chi connectivity index (χ2v) is 8.58. The minimum atomic E-state index is -3.59. The number of nitrogens with two attached hydrogens (primary N) is 1. The van der Waals surface area contributed by atoms with Crippen molar-refractivity contribution in [3.05, 3.63) is 22.7 Å². The molecule has 0 aliphatic carbocycles. The molecule has 0 aromatic heterocycles. The van der Waals surface area contributed by atoms with Gasteiger partial charge in [0.15, 0.2) is 0 Å². The quantitative estimate of drug-likeness (QED) is 0.870. The lowest BCUT2D eigenvalue weighted by molar-refractivity contribution is 0.216. The molecule has 0 bridgehead atoms. The van der Waals surface area contributed by atoms with E-state index in [1.54, 1.807) is 20.0 Å². The van der Waals surface area contributed by atoms with Crippen LogP contribution in [-0.4, -0.2) is 25.8 Å². The zero-order valence-corrected chi connectivity index (χ0v) is 14.4. The van der Waals surface area contributed by atoms with Crippen LogP contribution in [0.25, 0.3) is 0 Å². The van der Waals surface area contributed by atoms with Crippen LogP contribution in [0.4, 0.5) is 5.69 Å². The predicted octanol–water partition coefficient (Wildman–Crippen LogP) is 3.29. The van der Waals surface area contributed by atoms with Gasteiger partial charge in [0, 0.05) is 13.1 Å². The largest absolute Gasteiger partial charge is 0.397 e. The molecule has 0 radical (unpaired) electrons. The van der Waals surface area contributed by atoms with Gasteiger partial charge < -0.3 is 5.73 Å². The summed E-state index contributed by atoms with van der Waals surface area (Å²) in [5.41, 5.74) is 6.54. The van der Waals surface area contributed by atoms with Gasteiger partial charge in [0.25, 0.3) is 0 Å². The molecule has 0 saturated heterocycles. The fraction of sp³-hybridized carbons (Fsp3) is 0.571. The van der Waals surface area contributed by atoms with E-state index in [0.29, 0.717) is 10.6 Å². The third-order valence-electron chi connectivity index (χ3n) is 3.73. The Morgan fingerprint density at radius 1 is 1.30 bits per heavy atom. The summed E-state index contributed by atoms with van der Waals surface area (Å²) in [6.45, 7) is 9.65. The summed E-state index contributed by atoms with van der Waals surface area (Å²) in [4.78, 5) is 0.176. The third-order valence-corrected chi connectivity index (χ3v) is 6.15. The van der Waals surface area contributed by atoms with Crippen LogP contribution >= 0.6 is 11.6 Å². The van der Waals surface area contributed by atoms with Crippen molar-refractivity contribution in [2.45, 2.75) is 45.6 Å². The molecule has 1 aromatic carbocycles. The van der Waals surface area contributed by atoms with Gasteiger partial charge >= 0.3 is 0 Å². The van der Waals surface area contributed by atoms with E-state index < -0.39 is 10.0 Å². The molecule has 1 unspecified atom stereocenters. The smallest absolute Gasteiger partial charge is 0.243 e. The van der Waals surface area contributed by atoms with Crippen molar-refractivity contribution in [1.29, 1.82) is 0 Å². The van der Waals surface area contributed by atoms with Crippen molar-refractivity contribution >= 4 is 27.3 Å². The lowest BCUT2D eigenvalue weighted by atomic mass is 9.88. The van der Waals surface area contributed by atoms with E-state index in [1.165, 1.54) is 10.4 Å². The minimum absolute atomic E-state index is 0.148. The molecule has 114 valence electrons. The first-order chi connectivity index (χ1) is 8.89. The molecule has 0 aliphatic rings. The summed E-state index contributed by atoms with van der Waals surface area (Å²) in [5, 5.41) is 0.399. The first-order valence-electron chi connectivity index (χ1n) is 6.42. The van der Waals surface area contributed by atoms with Crippen LogP contribution in [-0.2, 0) is 10.0 Å². The van der Waals surface area contributed by atoms with Crippen molar-refractivity contribution in [2.24, 2.45) is 5.41 Å². The summed E-state index contributed by atoms with van der Waals surface area (Å²) in [7, 11) is -2.00. The molecule has 1 atom stereocenters. The Bertz CT molecular complexity index is 583. The maximum Gasteiger partial charge on any atom is 0.243 e. The molecule has 0 heterocycles. The first kappa shape index (κ1) is 17.3. The van der Waals surface area contributed by atoms with Gasteiger partial charge in [0.2, 0.25) is 10.0 Å². The van der Waals surface area contributed by atoms with Gasteiger partial charge in [-0.25, -0.2) is 8.42 Å². The SMILES string of the molecule is Cc1cc(S(=O)(=O)N(C)C(C)C(C)(C)C)cc(N)c1Cl. The van der Waals surface area contributed by atoms with Crippen LogP contribution in [0.1, 0.15) is 33.3 Å². The van der Waals surface area contributed by atoms with Gasteiger partial charge in [-0.1, -0.05) is 32.4 Å². The molecule has 0 spiro atoms. The Hall–Kier alpha value is -0.780. The molecule has 6 heteroatoms. The molecule has 4 nitrogen and oxygen atoms in total. The lowest BCUT2D eigenvalue weighted by Crippen LogP contribution is -2.42. The molecule has 20 heavy (non-hydrogen) atoms. The first-order valence-corrected chi connectivity index (χ1v) is 8.24. The Kier molecular flexibility index (Phi) is 4.79. The molecule has 1 aromatic rings. The highest BCUT2D eigenvalue weighted by atomic mass is 35.5.